The second kappa shape index (κ2) is 6.33. The molecule has 2 aromatic rings. The third-order valence-electron chi connectivity index (χ3n) is 2.26. The monoisotopic (exact) mass is 255 g/mol. The zero-order valence-corrected chi connectivity index (χ0v) is 10.2. The molecule has 1 aromatic heterocycles. The summed E-state index contributed by atoms with van der Waals surface area (Å²) in [4.78, 5) is 11.7. The Balaban J connectivity index is 2.00. The van der Waals surface area contributed by atoms with Crippen molar-refractivity contribution in [2.24, 2.45) is 5.73 Å². The zero-order valence-electron chi connectivity index (χ0n) is 10.2. The number of nitrogens with zero attached hydrogens (tertiary/aromatic N) is 3. The van der Waals surface area contributed by atoms with Crippen LogP contribution in [0.2, 0.25) is 0 Å². The van der Waals surface area contributed by atoms with Gasteiger partial charge >= 0.3 is 0 Å². The smallest absolute Gasteiger partial charge is 0.246 e. The molecule has 0 fully saturated rings. The SMILES string of the molecule is NCC#Cc1cccc(NC(=O)Cn2ccnn2)c1. The molecule has 19 heavy (non-hydrogen) atoms. The topological polar surface area (TPSA) is 85.8 Å². The Morgan fingerprint density at radius 3 is 3.11 bits per heavy atom. The van der Waals surface area contributed by atoms with Crippen molar-refractivity contribution in [3.05, 3.63) is 42.2 Å². The molecular weight excluding hydrogens is 242 g/mol. The van der Waals surface area contributed by atoms with E-state index in [4.69, 9.17) is 5.73 Å². The second-order valence-electron chi connectivity index (χ2n) is 3.74. The lowest BCUT2D eigenvalue weighted by molar-refractivity contribution is -0.116. The molecule has 1 aromatic carbocycles. The van der Waals surface area contributed by atoms with E-state index in [9.17, 15) is 4.79 Å². The first-order chi connectivity index (χ1) is 9.28. The van der Waals surface area contributed by atoms with E-state index in [1.807, 2.05) is 12.1 Å². The van der Waals surface area contributed by atoms with Crippen LogP contribution in [0.3, 0.4) is 0 Å². The lowest BCUT2D eigenvalue weighted by Gasteiger charge is -2.05. The maximum Gasteiger partial charge on any atom is 0.246 e. The van der Waals surface area contributed by atoms with Crippen molar-refractivity contribution < 1.29 is 4.79 Å². The van der Waals surface area contributed by atoms with Crippen LogP contribution >= 0.6 is 0 Å². The van der Waals surface area contributed by atoms with Crippen molar-refractivity contribution in [2.45, 2.75) is 6.54 Å². The summed E-state index contributed by atoms with van der Waals surface area (Å²) in [5.41, 5.74) is 6.81. The van der Waals surface area contributed by atoms with Crippen LogP contribution in [-0.2, 0) is 11.3 Å². The van der Waals surface area contributed by atoms with Crippen LogP contribution in [-0.4, -0.2) is 27.4 Å². The summed E-state index contributed by atoms with van der Waals surface area (Å²) in [5, 5.41) is 10.1. The summed E-state index contributed by atoms with van der Waals surface area (Å²) < 4.78 is 1.45. The number of anilines is 1. The molecule has 6 nitrogen and oxygen atoms in total. The Labute approximate surface area is 110 Å². The Morgan fingerprint density at radius 1 is 1.47 bits per heavy atom. The van der Waals surface area contributed by atoms with Gasteiger partial charge in [-0.25, -0.2) is 4.68 Å². The number of hydrogen-bond donors (Lipinski definition) is 2. The van der Waals surface area contributed by atoms with Gasteiger partial charge in [0.2, 0.25) is 5.91 Å². The molecule has 0 aliphatic heterocycles. The van der Waals surface area contributed by atoms with Gasteiger partial charge in [-0.05, 0) is 18.2 Å². The summed E-state index contributed by atoms with van der Waals surface area (Å²) in [7, 11) is 0. The minimum Gasteiger partial charge on any atom is -0.324 e. The lowest BCUT2D eigenvalue weighted by Crippen LogP contribution is -2.19. The van der Waals surface area contributed by atoms with E-state index in [1.165, 1.54) is 10.9 Å². The van der Waals surface area contributed by atoms with Crippen LogP contribution in [0.15, 0.2) is 36.7 Å². The molecule has 2 rings (SSSR count). The summed E-state index contributed by atoms with van der Waals surface area (Å²) in [6.45, 7) is 0.432. The molecule has 0 aliphatic rings. The molecule has 1 heterocycles. The number of aromatic nitrogens is 3. The molecular formula is C13H13N5O. The molecule has 6 heteroatoms. The first-order valence-corrected chi connectivity index (χ1v) is 5.71. The van der Waals surface area contributed by atoms with Gasteiger partial charge in [0.25, 0.3) is 0 Å². The normalized spacial score (nSPS) is 9.53. The average Bonchev–Trinajstić information content (AvgIpc) is 2.89. The fourth-order valence-electron chi connectivity index (χ4n) is 1.49. The molecule has 1 amide bonds. The minimum absolute atomic E-state index is 0.124. The van der Waals surface area contributed by atoms with Crippen molar-refractivity contribution in [1.82, 2.24) is 15.0 Å². The molecule has 0 aliphatic carbocycles. The predicted molar refractivity (Wildman–Crippen MR) is 71.0 cm³/mol. The molecule has 0 radical (unpaired) electrons. The average molecular weight is 255 g/mol. The highest BCUT2D eigenvalue weighted by Gasteiger charge is 2.04. The zero-order chi connectivity index (χ0) is 13.5. The second-order valence-corrected chi connectivity index (χ2v) is 3.74. The number of rotatable bonds is 3. The standard InChI is InChI=1S/C13H13N5O/c14-6-2-4-11-3-1-5-12(9-11)16-13(19)10-18-8-7-15-17-18/h1,3,5,7-9H,6,10,14H2,(H,16,19). The first-order valence-electron chi connectivity index (χ1n) is 5.71. The van der Waals surface area contributed by atoms with Crippen LogP contribution in [0.25, 0.3) is 0 Å². The van der Waals surface area contributed by atoms with E-state index in [2.05, 4.69) is 27.5 Å². The maximum atomic E-state index is 11.7. The fraction of sp³-hybridized carbons (Fsp3) is 0.154. The van der Waals surface area contributed by atoms with Crippen LogP contribution in [0.5, 0.6) is 0 Å². The number of carbonyl (C=O) groups excluding carboxylic acids is 1. The van der Waals surface area contributed by atoms with E-state index in [1.54, 1.807) is 18.3 Å². The van der Waals surface area contributed by atoms with Gasteiger partial charge in [-0.3, -0.25) is 4.79 Å². The van der Waals surface area contributed by atoms with Crippen LogP contribution in [0, 0.1) is 11.8 Å². The summed E-state index contributed by atoms with van der Waals surface area (Å²) in [6.07, 6.45) is 3.15. The van der Waals surface area contributed by atoms with Crippen molar-refractivity contribution in [3.8, 4) is 11.8 Å². The molecule has 0 atom stereocenters. The third kappa shape index (κ3) is 3.94. The number of nitrogens with one attached hydrogen (secondary N) is 1. The van der Waals surface area contributed by atoms with Crippen LogP contribution < -0.4 is 11.1 Å². The van der Waals surface area contributed by atoms with E-state index < -0.39 is 0 Å². The van der Waals surface area contributed by atoms with E-state index >= 15 is 0 Å². The molecule has 0 saturated carbocycles. The number of benzene rings is 1. The quantitative estimate of drug-likeness (QED) is 0.769. The summed E-state index contributed by atoms with van der Waals surface area (Å²) in [5.74, 6) is 5.50. The van der Waals surface area contributed by atoms with Crippen LogP contribution in [0.4, 0.5) is 5.69 Å². The van der Waals surface area contributed by atoms with Crippen molar-refractivity contribution in [1.29, 1.82) is 0 Å². The van der Waals surface area contributed by atoms with Gasteiger partial charge in [-0.15, -0.1) is 5.10 Å². The van der Waals surface area contributed by atoms with Crippen molar-refractivity contribution in [3.63, 3.8) is 0 Å². The van der Waals surface area contributed by atoms with Gasteiger partial charge in [-0.2, -0.15) is 0 Å². The van der Waals surface area contributed by atoms with Gasteiger partial charge < -0.3 is 11.1 Å². The van der Waals surface area contributed by atoms with E-state index in [0.29, 0.717) is 12.2 Å². The predicted octanol–water partition coefficient (Wildman–Crippen LogP) is 0.227. The van der Waals surface area contributed by atoms with Gasteiger partial charge in [0.05, 0.1) is 12.7 Å². The Kier molecular flexibility index (Phi) is 4.26. The Bertz CT molecular complexity index is 609. The summed E-state index contributed by atoms with van der Waals surface area (Å²) >= 11 is 0. The lowest BCUT2D eigenvalue weighted by atomic mass is 10.2. The number of carbonyl (C=O) groups is 1. The van der Waals surface area contributed by atoms with Gasteiger partial charge in [0.15, 0.2) is 0 Å². The third-order valence-corrected chi connectivity index (χ3v) is 2.26. The Morgan fingerprint density at radius 2 is 2.37 bits per heavy atom. The number of nitrogens with two attached hydrogens (primary N) is 1. The van der Waals surface area contributed by atoms with E-state index in [-0.39, 0.29) is 12.5 Å². The molecule has 3 N–H and O–H groups in total. The number of hydrogen-bond acceptors (Lipinski definition) is 4. The molecule has 0 unspecified atom stereocenters. The highest BCUT2D eigenvalue weighted by molar-refractivity contribution is 5.90. The van der Waals surface area contributed by atoms with Crippen molar-refractivity contribution in [2.75, 3.05) is 11.9 Å². The summed E-state index contributed by atoms with van der Waals surface area (Å²) in [6, 6.07) is 7.27. The number of amides is 1. The van der Waals surface area contributed by atoms with Gasteiger partial charge in [0.1, 0.15) is 6.54 Å². The molecule has 0 spiro atoms. The largest absolute Gasteiger partial charge is 0.324 e. The first kappa shape index (κ1) is 12.8. The maximum absolute atomic E-state index is 11.7. The fourth-order valence-corrected chi connectivity index (χ4v) is 1.49. The minimum atomic E-state index is -0.172. The molecule has 0 bridgehead atoms. The highest BCUT2D eigenvalue weighted by atomic mass is 16.2. The van der Waals surface area contributed by atoms with E-state index in [0.717, 1.165) is 5.56 Å². The highest BCUT2D eigenvalue weighted by Crippen LogP contribution is 2.09. The van der Waals surface area contributed by atoms with Crippen LogP contribution in [0.1, 0.15) is 5.56 Å². The Hall–Kier alpha value is -2.65. The molecule has 96 valence electrons. The van der Waals surface area contributed by atoms with Gasteiger partial charge in [0, 0.05) is 17.4 Å². The van der Waals surface area contributed by atoms with Gasteiger partial charge in [-0.1, -0.05) is 23.1 Å². The molecule has 0 saturated heterocycles. The van der Waals surface area contributed by atoms with Crippen molar-refractivity contribution >= 4 is 11.6 Å².